The summed E-state index contributed by atoms with van der Waals surface area (Å²) in [5, 5.41) is 0. The van der Waals surface area contributed by atoms with Crippen molar-refractivity contribution in [3.8, 4) is 0 Å². The van der Waals surface area contributed by atoms with Crippen molar-refractivity contribution >= 4 is 19.6 Å². The van der Waals surface area contributed by atoms with Crippen LogP contribution < -0.4 is 0 Å². The van der Waals surface area contributed by atoms with Crippen LogP contribution in [-0.2, 0) is 9.22 Å². The maximum absolute atomic E-state index is 12.1. The minimum atomic E-state index is -5.77. The van der Waals surface area contributed by atoms with Crippen LogP contribution in [0.3, 0.4) is 0 Å². The Morgan fingerprint density at radius 2 is 0.955 bits per heavy atom. The predicted molar refractivity (Wildman–Crippen MR) is 56.8 cm³/mol. The second kappa shape index (κ2) is 8.06. The van der Waals surface area contributed by atoms with Crippen LogP contribution in [0.4, 0.5) is 39.5 Å². The molecule has 0 bridgehead atoms. The van der Waals surface area contributed by atoms with Crippen molar-refractivity contribution in [1.82, 2.24) is 0 Å². The first-order valence-electron chi connectivity index (χ1n) is 5.41. The summed E-state index contributed by atoms with van der Waals surface area (Å²) in [7, 11) is 0. The first kappa shape index (κ1) is 21.8. The Morgan fingerprint density at radius 1 is 0.682 bits per heavy atom. The summed E-state index contributed by atoms with van der Waals surface area (Å²) in [6.45, 7) is -3.18. The molecule has 0 aromatic rings. The van der Waals surface area contributed by atoms with Gasteiger partial charge in [-0.25, -0.2) is 0 Å². The fourth-order valence-corrected chi connectivity index (χ4v) is 7.07. The summed E-state index contributed by atoms with van der Waals surface area (Å²) >= 11 is -5.77. The van der Waals surface area contributed by atoms with Gasteiger partial charge in [-0.15, -0.1) is 0 Å². The molecule has 0 saturated carbocycles. The quantitative estimate of drug-likeness (QED) is 0.315. The van der Waals surface area contributed by atoms with E-state index in [1.807, 2.05) is 0 Å². The van der Waals surface area contributed by atoms with Crippen molar-refractivity contribution in [2.45, 2.75) is 23.0 Å². The molecule has 0 aliphatic carbocycles. The third kappa shape index (κ3) is 11.4. The maximum atomic E-state index is 12.1. The zero-order valence-corrected chi connectivity index (χ0v) is 13.6. The Bertz CT molecular complexity index is 304. The molecule has 132 valence electrons. The van der Waals surface area contributed by atoms with E-state index in [4.69, 9.17) is 0 Å². The van der Waals surface area contributed by atoms with Crippen molar-refractivity contribution in [1.29, 1.82) is 0 Å². The van der Waals surface area contributed by atoms with Gasteiger partial charge < -0.3 is 0 Å². The Balaban J connectivity index is 5.11. The van der Waals surface area contributed by atoms with Gasteiger partial charge in [0.15, 0.2) is 0 Å². The number of allylic oxidation sites excluding steroid dienone is 1. The molecule has 3 nitrogen and oxygen atoms in total. The molecular formula is C9H11F9O3Sn. The van der Waals surface area contributed by atoms with E-state index in [1.165, 1.54) is 0 Å². The average Bonchev–Trinajstić information content (AvgIpc) is 2.28. The van der Waals surface area contributed by atoms with E-state index >= 15 is 0 Å². The summed E-state index contributed by atoms with van der Waals surface area (Å²) < 4.78 is 121. The van der Waals surface area contributed by atoms with Gasteiger partial charge in [0.2, 0.25) is 0 Å². The molecule has 0 aromatic heterocycles. The van der Waals surface area contributed by atoms with Gasteiger partial charge in [0.05, 0.1) is 0 Å². The van der Waals surface area contributed by atoms with E-state index in [0.717, 1.165) is 6.08 Å². The van der Waals surface area contributed by atoms with Gasteiger partial charge in [0, 0.05) is 0 Å². The standard InChI is InChI=1S/C3H5.3C2H2F3O.Sn/c1-3-2;3*3-2(4,5)1-6;/h3H,1-2H2;3*1H2;/q;3*-1;+3. The average molecular weight is 457 g/mol. The molecule has 0 atom stereocenters. The van der Waals surface area contributed by atoms with Crippen LogP contribution in [-0.4, -0.2) is 58.0 Å². The van der Waals surface area contributed by atoms with Crippen molar-refractivity contribution in [2.75, 3.05) is 19.8 Å². The Kier molecular flexibility index (Phi) is 7.98. The second-order valence-corrected chi connectivity index (χ2v) is 11.4. The topological polar surface area (TPSA) is 27.7 Å². The summed E-state index contributed by atoms with van der Waals surface area (Å²) in [6.07, 6.45) is -14.1. The van der Waals surface area contributed by atoms with Crippen LogP contribution in [0, 0.1) is 0 Å². The van der Waals surface area contributed by atoms with E-state index in [-0.39, 0.29) is 0 Å². The molecule has 0 saturated heterocycles. The van der Waals surface area contributed by atoms with Gasteiger partial charge in [-0.05, 0) is 0 Å². The molecule has 0 N–H and O–H groups in total. The number of hydrogen-bond acceptors (Lipinski definition) is 3. The van der Waals surface area contributed by atoms with E-state index in [2.05, 4.69) is 15.8 Å². The van der Waals surface area contributed by atoms with Gasteiger partial charge in [0.25, 0.3) is 0 Å². The monoisotopic (exact) mass is 458 g/mol. The summed E-state index contributed by atoms with van der Waals surface area (Å²) in [5.41, 5.74) is 0. The molecule has 0 radical (unpaired) electrons. The van der Waals surface area contributed by atoms with Crippen LogP contribution in [0.1, 0.15) is 0 Å². The zero-order chi connectivity index (χ0) is 17.7. The second-order valence-electron chi connectivity index (χ2n) is 3.89. The van der Waals surface area contributed by atoms with E-state index in [0.29, 0.717) is 0 Å². The zero-order valence-electron chi connectivity index (χ0n) is 10.7. The number of alkyl halides is 9. The van der Waals surface area contributed by atoms with E-state index < -0.39 is 62.4 Å². The fourth-order valence-electron chi connectivity index (χ4n) is 1.05. The summed E-state index contributed by atoms with van der Waals surface area (Å²) in [6, 6.07) is 0. The summed E-state index contributed by atoms with van der Waals surface area (Å²) in [4.78, 5) is 0. The van der Waals surface area contributed by atoms with Crippen LogP contribution in [0.25, 0.3) is 0 Å². The van der Waals surface area contributed by atoms with Crippen LogP contribution in [0.5, 0.6) is 0 Å². The first-order valence-corrected chi connectivity index (χ1v) is 10.9. The van der Waals surface area contributed by atoms with Gasteiger partial charge >= 0.3 is 124 Å². The van der Waals surface area contributed by atoms with Crippen molar-refractivity contribution in [3.05, 3.63) is 12.7 Å². The molecule has 0 aromatic carbocycles. The third-order valence-electron chi connectivity index (χ3n) is 1.76. The first-order chi connectivity index (χ1) is 9.68. The van der Waals surface area contributed by atoms with Crippen LogP contribution in [0.15, 0.2) is 12.7 Å². The number of hydrogen-bond donors (Lipinski definition) is 0. The molecule has 0 aliphatic heterocycles. The third-order valence-corrected chi connectivity index (χ3v) is 9.01. The fraction of sp³-hybridized carbons (Fsp3) is 0.778. The number of rotatable bonds is 8. The van der Waals surface area contributed by atoms with Gasteiger partial charge in [0.1, 0.15) is 0 Å². The summed E-state index contributed by atoms with van der Waals surface area (Å²) in [5.74, 6) is 0. The predicted octanol–water partition coefficient (Wildman–Crippen LogP) is 3.85. The van der Waals surface area contributed by atoms with E-state index in [1.54, 1.807) is 0 Å². The van der Waals surface area contributed by atoms with Crippen molar-refractivity contribution < 1.29 is 48.7 Å². The van der Waals surface area contributed by atoms with E-state index in [9.17, 15) is 39.5 Å². The Hall–Kier alpha value is -0.211. The molecule has 0 amide bonds. The van der Waals surface area contributed by atoms with Crippen molar-refractivity contribution in [2.24, 2.45) is 0 Å². The van der Waals surface area contributed by atoms with Gasteiger partial charge in [-0.2, -0.15) is 0 Å². The van der Waals surface area contributed by atoms with Gasteiger partial charge in [-0.1, -0.05) is 0 Å². The molecule has 0 rings (SSSR count). The van der Waals surface area contributed by atoms with Crippen molar-refractivity contribution in [3.63, 3.8) is 0 Å². The normalized spacial score (nSPS) is 14.2. The Labute approximate surface area is 124 Å². The molecule has 22 heavy (non-hydrogen) atoms. The SMILES string of the molecule is C=C[CH2][Sn]([O]CC(F)(F)F)([O]CC(F)(F)F)[O]CC(F)(F)F. The molecule has 0 spiro atoms. The molecular weight excluding hydrogens is 446 g/mol. The molecule has 13 heteroatoms. The molecule has 0 aliphatic rings. The minimum absolute atomic E-state index is 0.781. The van der Waals surface area contributed by atoms with Crippen LogP contribution >= 0.6 is 0 Å². The Morgan fingerprint density at radius 3 is 1.14 bits per heavy atom. The van der Waals surface area contributed by atoms with Gasteiger partial charge in [-0.3, -0.25) is 0 Å². The number of halogens is 9. The molecule has 0 heterocycles. The molecule has 0 unspecified atom stereocenters. The molecule has 0 fully saturated rings. The van der Waals surface area contributed by atoms with Crippen LogP contribution in [0.2, 0.25) is 4.44 Å².